The Balaban J connectivity index is 1.82. The zero-order chi connectivity index (χ0) is 15.3. The second-order valence-corrected chi connectivity index (χ2v) is 6.88. The van der Waals surface area contributed by atoms with Gasteiger partial charge in [-0.2, -0.15) is 0 Å². The van der Waals surface area contributed by atoms with E-state index in [0.29, 0.717) is 0 Å². The summed E-state index contributed by atoms with van der Waals surface area (Å²) in [4.78, 5) is 13.9. The van der Waals surface area contributed by atoms with Crippen LogP contribution in [0.15, 0.2) is 35.2 Å². The van der Waals surface area contributed by atoms with Crippen molar-refractivity contribution in [1.82, 2.24) is 14.9 Å². The Morgan fingerprint density at radius 3 is 2.71 bits per heavy atom. The minimum atomic E-state index is -3.53. The number of hydrogen-bond acceptors (Lipinski definition) is 4. The number of nitrogens with zero attached hydrogens (tertiary/aromatic N) is 1. The molecule has 1 unspecified atom stereocenters. The Kier molecular flexibility index (Phi) is 5.33. The maximum absolute atomic E-state index is 12.0. The first-order valence-electron chi connectivity index (χ1n) is 7.02. The minimum absolute atomic E-state index is 0.0422. The molecule has 2 rings (SSSR count). The van der Waals surface area contributed by atoms with Gasteiger partial charge in [-0.1, -0.05) is 18.2 Å². The zero-order valence-corrected chi connectivity index (χ0v) is 12.9. The quantitative estimate of drug-likeness (QED) is 0.785. The summed E-state index contributed by atoms with van der Waals surface area (Å²) in [5.74, 6) is -0.0422. The van der Waals surface area contributed by atoms with E-state index in [4.69, 9.17) is 0 Å². The largest absolute Gasteiger partial charge is 0.341 e. The van der Waals surface area contributed by atoms with E-state index in [2.05, 4.69) is 10.0 Å². The molecule has 1 aromatic rings. The van der Waals surface area contributed by atoms with E-state index in [9.17, 15) is 13.2 Å². The van der Waals surface area contributed by atoms with Crippen molar-refractivity contribution in [2.75, 3.05) is 26.7 Å². The van der Waals surface area contributed by atoms with Gasteiger partial charge in [-0.05, 0) is 25.1 Å². The Hall–Kier alpha value is -1.44. The summed E-state index contributed by atoms with van der Waals surface area (Å²) >= 11 is 0. The van der Waals surface area contributed by atoms with Crippen LogP contribution in [-0.4, -0.2) is 51.9 Å². The molecule has 7 heteroatoms. The Bertz CT molecular complexity index is 568. The molecule has 0 bridgehead atoms. The third-order valence-electron chi connectivity index (χ3n) is 3.66. The molecule has 0 aromatic heterocycles. The van der Waals surface area contributed by atoms with Gasteiger partial charge in [0.2, 0.25) is 15.9 Å². The van der Waals surface area contributed by atoms with Gasteiger partial charge >= 0.3 is 0 Å². The summed E-state index contributed by atoms with van der Waals surface area (Å²) in [6.45, 7) is 1.83. The van der Waals surface area contributed by atoms with E-state index >= 15 is 0 Å². The zero-order valence-electron chi connectivity index (χ0n) is 12.1. The van der Waals surface area contributed by atoms with Crippen molar-refractivity contribution in [3.63, 3.8) is 0 Å². The average Bonchev–Trinajstić information content (AvgIpc) is 3.01. The topological polar surface area (TPSA) is 78.5 Å². The van der Waals surface area contributed by atoms with E-state index in [0.717, 1.165) is 19.5 Å². The number of rotatable bonds is 6. The number of carbonyl (C=O) groups excluding carboxylic acids is 1. The summed E-state index contributed by atoms with van der Waals surface area (Å²) in [7, 11) is -1.76. The monoisotopic (exact) mass is 311 g/mol. The lowest BCUT2D eigenvalue weighted by Crippen LogP contribution is -2.40. The molecule has 0 saturated carbocycles. The van der Waals surface area contributed by atoms with Gasteiger partial charge in [-0.25, -0.2) is 13.1 Å². The minimum Gasteiger partial charge on any atom is -0.341 e. The van der Waals surface area contributed by atoms with Crippen LogP contribution in [0.4, 0.5) is 0 Å². The fourth-order valence-electron chi connectivity index (χ4n) is 2.33. The van der Waals surface area contributed by atoms with Gasteiger partial charge in [0.1, 0.15) is 0 Å². The predicted molar refractivity (Wildman–Crippen MR) is 80.3 cm³/mol. The van der Waals surface area contributed by atoms with Crippen LogP contribution in [0.2, 0.25) is 0 Å². The molecular weight excluding hydrogens is 290 g/mol. The molecule has 1 amide bonds. The molecule has 2 N–H and O–H groups in total. The predicted octanol–water partition coefficient (Wildman–Crippen LogP) is 0.175. The van der Waals surface area contributed by atoms with Gasteiger partial charge in [0.15, 0.2) is 0 Å². The second-order valence-electron chi connectivity index (χ2n) is 5.11. The van der Waals surface area contributed by atoms with Crippen LogP contribution in [0.5, 0.6) is 0 Å². The highest BCUT2D eigenvalue weighted by Gasteiger charge is 2.23. The van der Waals surface area contributed by atoms with Crippen molar-refractivity contribution < 1.29 is 13.2 Å². The van der Waals surface area contributed by atoms with Gasteiger partial charge in [0, 0.05) is 32.6 Å². The Labute approximate surface area is 125 Å². The van der Waals surface area contributed by atoms with Gasteiger partial charge < -0.3 is 10.2 Å². The third kappa shape index (κ3) is 4.26. The molecule has 1 aromatic carbocycles. The lowest BCUT2D eigenvalue weighted by molar-refractivity contribution is -0.131. The smallest absolute Gasteiger partial charge is 0.240 e. The highest BCUT2D eigenvalue weighted by atomic mass is 32.2. The molecule has 21 heavy (non-hydrogen) atoms. The van der Waals surface area contributed by atoms with Crippen LogP contribution in [0, 0.1) is 0 Å². The van der Waals surface area contributed by atoms with Gasteiger partial charge in [0.05, 0.1) is 4.90 Å². The summed E-state index contributed by atoms with van der Waals surface area (Å²) in [5.41, 5.74) is 0. The summed E-state index contributed by atoms with van der Waals surface area (Å²) in [6, 6.07) is 8.36. The highest BCUT2D eigenvalue weighted by Crippen LogP contribution is 2.09. The fourth-order valence-corrected chi connectivity index (χ4v) is 3.38. The number of sulfonamides is 1. The first-order chi connectivity index (χ1) is 10.0. The van der Waals surface area contributed by atoms with Crippen LogP contribution in [0.25, 0.3) is 0 Å². The van der Waals surface area contributed by atoms with E-state index in [1.807, 2.05) is 0 Å². The SMILES string of the molecule is CN(C(=O)CCNS(=O)(=O)c1ccccc1)C1CCNC1. The molecule has 0 aliphatic carbocycles. The normalized spacial score (nSPS) is 18.6. The van der Waals surface area contributed by atoms with Crippen LogP contribution >= 0.6 is 0 Å². The Morgan fingerprint density at radius 1 is 1.38 bits per heavy atom. The molecule has 116 valence electrons. The number of hydrogen-bond donors (Lipinski definition) is 2. The van der Waals surface area contributed by atoms with Crippen molar-refractivity contribution in [3.05, 3.63) is 30.3 Å². The molecule has 6 nitrogen and oxygen atoms in total. The molecule has 1 heterocycles. The molecule has 1 aliphatic heterocycles. The number of nitrogens with one attached hydrogen (secondary N) is 2. The summed E-state index contributed by atoms with van der Waals surface area (Å²) in [5, 5.41) is 3.20. The number of likely N-dealkylation sites (N-methyl/N-ethyl adjacent to an activating group) is 1. The summed E-state index contributed by atoms with van der Waals surface area (Å²) < 4.78 is 26.4. The second kappa shape index (κ2) is 7.02. The van der Waals surface area contributed by atoms with Crippen molar-refractivity contribution in [1.29, 1.82) is 0 Å². The first kappa shape index (κ1) is 15.9. The molecule has 1 saturated heterocycles. The van der Waals surface area contributed by atoms with Crippen molar-refractivity contribution in [2.45, 2.75) is 23.8 Å². The van der Waals surface area contributed by atoms with Crippen molar-refractivity contribution >= 4 is 15.9 Å². The van der Waals surface area contributed by atoms with Gasteiger partial charge in [0.25, 0.3) is 0 Å². The lowest BCUT2D eigenvalue weighted by atomic mass is 10.2. The van der Waals surface area contributed by atoms with E-state index in [1.54, 1.807) is 30.1 Å². The third-order valence-corrected chi connectivity index (χ3v) is 5.14. The van der Waals surface area contributed by atoms with Crippen molar-refractivity contribution in [2.24, 2.45) is 0 Å². The van der Waals surface area contributed by atoms with Crippen LogP contribution in [0.3, 0.4) is 0 Å². The van der Waals surface area contributed by atoms with Crippen LogP contribution in [0.1, 0.15) is 12.8 Å². The van der Waals surface area contributed by atoms with E-state index in [-0.39, 0.29) is 29.8 Å². The van der Waals surface area contributed by atoms with Crippen molar-refractivity contribution in [3.8, 4) is 0 Å². The number of benzene rings is 1. The molecular formula is C14H21N3O3S. The van der Waals surface area contributed by atoms with Crippen LogP contribution < -0.4 is 10.0 Å². The molecule has 1 aliphatic rings. The molecule has 1 fully saturated rings. The molecule has 1 atom stereocenters. The maximum Gasteiger partial charge on any atom is 0.240 e. The molecule has 0 spiro atoms. The van der Waals surface area contributed by atoms with E-state index < -0.39 is 10.0 Å². The number of amides is 1. The van der Waals surface area contributed by atoms with Crippen LogP contribution in [-0.2, 0) is 14.8 Å². The lowest BCUT2D eigenvalue weighted by Gasteiger charge is -2.23. The number of carbonyl (C=O) groups is 1. The summed E-state index contributed by atoms with van der Waals surface area (Å²) in [6.07, 6.45) is 1.11. The van der Waals surface area contributed by atoms with Gasteiger partial charge in [-0.15, -0.1) is 0 Å². The fraction of sp³-hybridized carbons (Fsp3) is 0.500. The average molecular weight is 311 g/mol. The maximum atomic E-state index is 12.0. The Morgan fingerprint density at radius 2 is 2.10 bits per heavy atom. The standard InChI is InChI=1S/C14H21N3O3S/c1-17(12-7-9-15-11-12)14(18)8-10-16-21(19,20)13-5-3-2-4-6-13/h2-6,12,15-16H,7-11H2,1H3. The first-order valence-corrected chi connectivity index (χ1v) is 8.50. The highest BCUT2D eigenvalue weighted by molar-refractivity contribution is 7.89. The van der Waals surface area contributed by atoms with Gasteiger partial charge in [-0.3, -0.25) is 4.79 Å². The van der Waals surface area contributed by atoms with E-state index in [1.165, 1.54) is 12.1 Å². The molecule has 0 radical (unpaired) electrons.